The predicted molar refractivity (Wildman–Crippen MR) is 139 cm³/mol. The largest absolute Gasteiger partial charge is 0.330 e. The van der Waals surface area contributed by atoms with E-state index in [1.54, 1.807) is 27.5 Å². The van der Waals surface area contributed by atoms with Gasteiger partial charge in [0.05, 0.1) is 33.5 Å². The summed E-state index contributed by atoms with van der Waals surface area (Å²) in [5, 5.41) is 10.9. The Labute approximate surface area is 209 Å². The molecule has 4 heterocycles. The van der Waals surface area contributed by atoms with Gasteiger partial charge in [0.15, 0.2) is 5.65 Å². The number of benzene rings is 1. The summed E-state index contributed by atoms with van der Waals surface area (Å²) in [6.45, 7) is 11.7. The monoisotopic (exact) mass is 486 g/mol. The summed E-state index contributed by atoms with van der Waals surface area (Å²) in [5.41, 5.74) is 5.81. The molecule has 0 radical (unpaired) electrons. The molecule has 4 aromatic rings. The summed E-state index contributed by atoms with van der Waals surface area (Å²) in [4.78, 5) is 26.2. The van der Waals surface area contributed by atoms with Crippen LogP contribution in [0.15, 0.2) is 35.1 Å². The molecule has 3 aromatic heterocycles. The molecule has 0 amide bonds. The Balaban J connectivity index is 1.49. The van der Waals surface area contributed by atoms with Gasteiger partial charge in [-0.3, -0.25) is 14.0 Å². The quantitative estimate of drug-likeness (QED) is 0.420. The van der Waals surface area contributed by atoms with Crippen molar-refractivity contribution in [2.75, 3.05) is 6.54 Å². The van der Waals surface area contributed by atoms with Crippen LogP contribution in [0, 0.1) is 23.7 Å². The number of aromatic nitrogens is 4. The lowest BCUT2D eigenvalue weighted by Crippen LogP contribution is -2.29. The van der Waals surface area contributed by atoms with Crippen molar-refractivity contribution in [3.8, 4) is 17.3 Å². The van der Waals surface area contributed by atoms with Crippen molar-refractivity contribution < 1.29 is 0 Å². The van der Waals surface area contributed by atoms with Gasteiger partial charge in [0.2, 0.25) is 0 Å². The van der Waals surface area contributed by atoms with Crippen LogP contribution in [0.4, 0.5) is 0 Å². The minimum absolute atomic E-state index is 0.0355. The Morgan fingerprint density at radius 1 is 1.17 bits per heavy atom. The molecule has 1 aliphatic heterocycles. The number of aryl methyl sites for hydroxylation is 2. The molecule has 35 heavy (non-hydrogen) atoms. The second kappa shape index (κ2) is 8.74. The van der Waals surface area contributed by atoms with Gasteiger partial charge < -0.3 is 0 Å². The molecule has 0 spiro atoms. The zero-order valence-electron chi connectivity index (χ0n) is 20.9. The zero-order valence-corrected chi connectivity index (χ0v) is 21.7. The van der Waals surface area contributed by atoms with Gasteiger partial charge in [0.1, 0.15) is 0 Å². The Hall–Kier alpha value is -3.28. The van der Waals surface area contributed by atoms with Crippen LogP contribution in [0.3, 0.4) is 0 Å². The molecule has 5 rings (SSSR count). The van der Waals surface area contributed by atoms with Crippen molar-refractivity contribution in [2.45, 2.75) is 53.8 Å². The lowest BCUT2D eigenvalue weighted by Gasteiger charge is -2.26. The highest BCUT2D eigenvalue weighted by Gasteiger charge is 2.22. The van der Waals surface area contributed by atoms with Gasteiger partial charge in [0, 0.05) is 50.1 Å². The molecule has 0 saturated carbocycles. The van der Waals surface area contributed by atoms with Crippen molar-refractivity contribution in [1.82, 2.24) is 24.0 Å². The van der Waals surface area contributed by atoms with E-state index in [1.165, 1.54) is 10.6 Å². The number of hydrogen-bond acceptors (Lipinski definition) is 6. The Morgan fingerprint density at radius 2 is 1.97 bits per heavy atom. The molecule has 1 aliphatic rings. The van der Waals surface area contributed by atoms with Gasteiger partial charge in [-0.2, -0.15) is 5.26 Å². The summed E-state index contributed by atoms with van der Waals surface area (Å²) in [7, 11) is 1.76. The topological polar surface area (TPSA) is 79.7 Å². The summed E-state index contributed by atoms with van der Waals surface area (Å²) < 4.78 is 3.39. The van der Waals surface area contributed by atoms with E-state index in [4.69, 9.17) is 4.98 Å². The van der Waals surface area contributed by atoms with Crippen LogP contribution < -0.4 is 5.69 Å². The van der Waals surface area contributed by atoms with E-state index in [0.717, 1.165) is 47.7 Å². The summed E-state index contributed by atoms with van der Waals surface area (Å²) >= 11 is 1.78. The smallest absolute Gasteiger partial charge is 0.294 e. The number of rotatable bonds is 4. The number of imidazole rings is 1. The number of fused-ring (bicyclic) bond motifs is 2. The van der Waals surface area contributed by atoms with Crippen LogP contribution in [-0.4, -0.2) is 30.5 Å². The fourth-order valence-corrected chi connectivity index (χ4v) is 5.85. The third kappa shape index (κ3) is 4.54. The van der Waals surface area contributed by atoms with E-state index in [1.807, 2.05) is 24.3 Å². The molecule has 0 N–H and O–H groups in total. The average molecular weight is 487 g/mol. The number of thiazole rings is 1. The molecule has 7 nitrogen and oxygen atoms in total. The maximum Gasteiger partial charge on any atom is 0.330 e. The Kier molecular flexibility index (Phi) is 5.86. The van der Waals surface area contributed by atoms with Crippen molar-refractivity contribution in [1.29, 1.82) is 5.26 Å². The van der Waals surface area contributed by atoms with Crippen LogP contribution in [0.25, 0.3) is 22.4 Å². The number of nitrogens with zero attached hydrogens (tertiary/aromatic N) is 6. The van der Waals surface area contributed by atoms with Gasteiger partial charge in [-0.1, -0.05) is 26.8 Å². The highest BCUT2D eigenvalue weighted by atomic mass is 32.1. The van der Waals surface area contributed by atoms with Gasteiger partial charge in [-0.05, 0) is 42.2 Å². The van der Waals surface area contributed by atoms with Crippen molar-refractivity contribution >= 4 is 22.5 Å². The van der Waals surface area contributed by atoms with E-state index in [-0.39, 0.29) is 11.1 Å². The van der Waals surface area contributed by atoms with E-state index in [2.05, 4.69) is 49.7 Å². The highest BCUT2D eigenvalue weighted by molar-refractivity contribution is 7.11. The molecule has 0 fully saturated rings. The normalized spacial score (nSPS) is 14.3. The van der Waals surface area contributed by atoms with Crippen LogP contribution in [-0.2, 0) is 33.1 Å². The summed E-state index contributed by atoms with van der Waals surface area (Å²) in [6, 6.07) is 12.2. The lowest BCUT2D eigenvalue weighted by atomic mass is 9.97. The molecular formula is C27H30N6OS. The average Bonchev–Trinajstić information content (AvgIpc) is 3.29. The second-order valence-electron chi connectivity index (χ2n) is 10.6. The fraction of sp³-hybridized carbons (Fsp3) is 0.407. The fourth-order valence-electron chi connectivity index (χ4n) is 4.82. The molecule has 8 heteroatoms. The minimum Gasteiger partial charge on any atom is -0.294 e. The molecule has 0 atom stereocenters. The van der Waals surface area contributed by atoms with Gasteiger partial charge in [-0.25, -0.2) is 14.8 Å². The molecule has 180 valence electrons. The second-order valence-corrected chi connectivity index (χ2v) is 11.9. The van der Waals surface area contributed by atoms with Crippen molar-refractivity contribution in [2.24, 2.45) is 12.5 Å². The van der Waals surface area contributed by atoms with Crippen LogP contribution >= 0.6 is 11.3 Å². The lowest BCUT2D eigenvalue weighted by molar-refractivity contribution is 0.247. The Bertz CT molecular complexity index is 1530. The molecule has 0 bridgehead atoms. The highest BCUT2D eigenvalue weighted by Crippen LogP contribution is 2.29. The molecular weight excluding hydrogens is 456 g/mol. The van der Waals surface area contributed by atoms with E-state index in [0.29, 0.717) is 23.4 Å². The molecule has 1 aromatic carbocycles. The van der Waals surface area contributed by atoms with Crippen molar-refractivity contribution in [3.05, 3.63) is 67.5 Å². The zero-order chi connectivity index (χ0) is 24.9. The first-order valence-electron chi connectivity index (χ1n) is 11.9. The third-order valence-electron chi connectivity index (χ3n) is 6.42. The summed E-state index contributed by atoms with van der Waals surface area (Å²) in [5.74, 6) is 0. The number of nitriles is 1. The maximum absolute atomic E-state index is 12.9. The summed E-state index contributed by atoms with van der Waals surface area (Å²) in [6.07, 6.45) is 0.973. The van der Waals surface area contributed by atoms with Gasteiger partial charge >= 0.3 is 5.69 Å². The van der Waals surface area contributed by atoms with Gasteiger partial charge in [0.25, 0.3) is 0 Å². The first-order chi connectivity index (χ1) is 16.6. The number of pyridine rings is 1. The van der Waals surface area contributed by atoms with E-state index >= 15 is 0 Å². The standard InChI is InChI=1S/C27H30N6OS/c1-17-29-22-10-11-32(15-24(22)35-17)14-18-6-7-19(13-28)20(12-18)21-8-9-23-25(30-21)31(5)26(34)33(23)16-27(2,3)4/h6-9,12H,10-11,14-16H2,1-5H3. The van der Waals surface area contributed by atoms with E-state index < -0.39 is 0 Å². The molecule has 0 saturated heterocycles. The minimum atomic E-state index is -0.0726. The maximum atomic E-state index is 12.9. The van der Waals surface area contributed by atoms with Crippen molar-refractivity contribution in [3.63, 3.8) is 0 Å². The number of hydrogen-bond donors (Lipinski definition) is 0. The van der Waals surface area contributed by atoms with E-state index in [9.17, 15) is 10.1 Å². The first-order valence-corrected chi connectivity index (χ1v) is 12.7. The van der Waals surface area contributed by atoms with Crippen LogP contribution in [0.1, 0.15) is 47.5 Å². The molecule has 0 aliphatic carbocycles. The van der Waals surface area contributed by atoms with Gasteiger partial charge in [-0.15, -0.1) is 11.3 Å². The van der Waals surface area contributed by atoms with Crippen LogP contribution in [0.2, 0.25) is 0 Å². The molecule has 0 unspecified atom stereocenters. The first kappa shape index (κ1) is 23.5. The van der Waals surface area contributed by atoms with Crippen LogP contribution in [0.5, 0.6) is 0 Å². The SMILES string of the molecule is Cc1nc2c(s1)CN(Cc1ccc(C#N)c(-c3ccc4c(n3)n(C)c(=O)n4CC(C)(C)C)c1)CC2. The third-order valence-corrected chi connectivity index (χ3v) is 7.41. The predicted octanol–water partition coefficient (Wildman–Crippen LogP) is 4.64. The Morgan fingerprint density at radius 3 is 2.71 bits per heavy atom.